The van der Waals surface area contributed by atoms with Crippen LogP contribution >= 0.6 is 11.3 Å². The normalized spacial score (nSPS) is 23.7. The average Bonchev–Trinajstić information content (AvgIpc) is 3.26. The lowest BCUT2D eigenvalue weighted by Crippen LogP contribution is -2.49. The van der Waals surface area contributed by atoms with Crippen LogP contribution in [0.1, 0.15) is 44.0 Å². The molecule has 0 atom stereocenters. The molecule has 1 aromatic heterocycles. The van der Waals surface area contributed by atoms with Gasteiger partial charge in [0, 0.05) is 16.6 Å². The van der Waals surface area contributed by atoms with Gasteiger partial charge in [0.15, 0.2) is 0 Å². The third-order valence-electron chi connectivity index (χ3n) is 6.14. The number of anilines is 1. The summed E-state index contributed by atoms with van der Waals surface area (Å²) in [4.78, 5) is 43.5. The van der Waals surface area contributed by atoms with Crippen LogP contribution in [0, 0.1) is 12.8 Å². The highest BCUT2D eigenvalue weighted by atomic mass is 32.1. The van der Waals surface area contributed by atoms with Gasteiger partial charge >= 0.3 is 6.03 Å². The second-order valence-electron chi connectivity index (χ2n) is 8.14. The Bertz CT molecular complexity index is 978. The number of carbonyl (C=O) groups is 3. The number of carbonyl (C=O) groups excluding carboxylic acids is 3. The largest absolute Gasteiger partial charge is 0.325 e. The molecule has 8 heteroatoms. The summed E-state index contributed by atoms with van der Waals surface area (Å²) in [7, 11) is 0. The number of thiazole rings is 1. The molecule has 2 aromatic rings. The monoisotopic (exact) mass is 426 g/mol. The van der Waals surface area contributed by atoms with Crippen LogP contribution in [0.2, 0.25) is 0 Å². The summed E-state index contributed by atoms with van der Waals surface area (Å²) in [5.74, 6) is -0.0697. The van der Waals surface area contributed by atoms with Gasteiger partial charge in [-0.1, -0.05) is 25.5 Å². The van der Waals surface area contributed by atoms with Crippen LogP contribution in [-0.4, -0.2) is 39.8 Å². The van der Waals surface area contributed by atoms with E-state index in [1.165, 1.54) is 0 Å². The first kappa shape index (κ1) is 20.5. The Kier molecular flexibility index (Phi) is 5.60. The molecule has 1 aliphatic heterocycles. The molecule has 30 heavy (non-hydrogen) atoms. The van der Waals surface area contributed by atoms with Crippen molar-refractivity contribution in [3.63, 3.8) is 0 Å². The van der Waals surface area contributed by atoms with Gasteiger partial charge in [-0.3, -0.25) is 14.5 Å². The number of hydrogen-bond donors (Lipinski definition) is 2. The van der Waals surface area contributed by atoms with Crippen molar-refractivity contribution >= 4 is 34.9 Å². The van der Waals surface area contributed by atoms with Crippen molar-refractivity contribution < 1.29 is 14.4 Å². The molecule has 0 radical (unpaired) electrons. The van der Waals surface area contributed by atoms with Crippen LogP contribution < -0.4 is 10.6 Å². The van der Waals surface area contributed by atoms with E-state index >= 15 is 0 Å². The summed E-state index contributed by atoms with van der Waals surface area (Å²) < 4.78 is 0. The third kappa shape index (κ3) is 3.96. The van der Waals surface area contributed by atoms with Crippen molar-refractivity contribution in [3.8, 4) is 11.3 Å². The van der Waals surface area contributed by atoms with Crippen molar-refractivity contribution in [1.82, 2.24) is 15.2 Å². The summed E-state index contributed by atoms with van der Waals surface area (Å²) in [6.07, 6.45) is 4.22. The van der Waals surface area contributed by atoms with Gasteiger partial charge in [-0.2, -0.15) is 0 Å². The second kappa shape index (κ2) is 8.18. The van der Waals surface area contributed by atoms with E-state index in [2.05, 4.69) is 22.5 Å². The Labute approximate surface area is 179 Å². The average molecular weight is 427 g/mol. The molecule has 4 rings (SSSR count). The molecule has 2 fully saturated rings. The highest BCUT2D eigenvalue weighted by Gasteiger charge is 2.52. The predicted octanol–water partition coefficient (Wildman–Crippen LogP) is 3.95. The number of nitrogens with one attached hydrogen (secondary N) is 2. The summed E-state index contributed by atoms with van der Waals surface area (Å²) in [5.41, 5.74) is 1.53. The highest BCUT2D eigenvalue weighted by Crippen LogP contribution is 2.37. The number of amides is 4. The first-order chi connectivity index (χ1) is 14.4. The lowest BCUT2D eigenvalue weighted by molar-refractivity contribution is -0.135. The van der Waals surface area contributed by atoms with Gasteiger partial charge in [0.1, 0.15) is 12.1 Å². The van der Waals surface area contributed by atoms with E-state index in [1.54, 1.807) is 17.4 Å². The molecule has 2 N–H and O–H groups in total. The summed E-state index contributed by atoms with van der Waals surface area (Å²) in [5, 5.41) is 8.60. The summed E-state index contributed by atoms with van der Waals surface area (Å²) >= 11 is 1.57. The van der Waals surface area contributed by atoms with E-state index in [0.29, 0.717) is 24.4 Å². The lowest BCUT2D eigenvalue weighted by atomic mass is 9.75. The third-order valence-corrected chi connectivity index (χ3v) is 6.92. The fourth-order valence-electron chi connectivity index (χ4n) is 4.33. The number of urea groups is 1. The molecule has 1 saturated heterocycles. The zero-order chi connectivity index (χ0) is 21.3. The molecule has 1 aromatic carbocycles. The van der Waals surface area contributed by atoms with E-state index in [1.807, 2.05) is 30.5 Å². The van der Waals surface area contributed by atoms with Gasteiger partial charge in [0.2, 0.25) is 5.91 Å². The minimum absolute atomic E-state index is 0.274. The number of aryl methyl sites for hydroxylation is 1. The zero-order valence-electron chi connectivity index (χ0n) is 17.2. The standard InChI is InChI=1S/C22H26N4O3S/c1-3-15-7-9-22(10-8-15)20(28)26(21(29)25-22)12-19(27)24-17-6-4-5-16(11-17)18-13-30-14(2)23-18/h4-6,11,13,15H,3,7-10,12H2,1-2H3,(H,24,27)(H,25,29). The highest BCUT2D eigenvalue weighted by molar-refractivity contribution is 7.09. The smallest absolute Gasteiger partial charge is 0.325 e. The predicted molar refractivity (Wildman–Crippen MR) is 116 cm³/mol. The number of aromatic nitrogens is 1. The molecule has 0 unspecified atom stereocenters. The second-order valence-corrected chi connectivity index (χ2v) is 9.20. The fraction of sp³-hybridized carbons (Fsp3) is 0.455. The first-order valence-electron chi connectivity index (χ1n) is 10.4. The molecule has 1 saturated carbocycles. The van der Waals surface area contributed by atoms with Crippen LogP contribution in [0.4, 0.5) is 10.5 Å². The van der Waals surface area contributed by atoms with Crippen molar-refractivity contribution in [3.05, 3.63) is 34.7 Å². The number of imide groups is 1. The molecular formula is C22H26N4O3S. The molecule has 0 bridgehead atoms. The van der Waals surface area contributed by atoms with E-state index < -0.39 is 17.5 Å². The number of rotatable bonds is 5. The van der Waals surface area contributed by atoms with Gasteiger partial charge in [0.05, 0.1) is 10.7 Å². The maximum absolute atomic E-state index is 13.0. The molecule has 4 amide bonds. The van der Waals surface area contributed by atoms with Crippen LogP contribution in [-0.2, 0) is 9.59 Å². The van der Waals surface area contributed by atoms with Crippen LogP contribution in [0.3, 0.4) is 0 Å². The summed E-state index contributed by atoms with van der Waals surface area (Å²) in [6.45, 7) is 3.81. The van der Waals surface area contributed by atoms with E-state index in [9.17, 15) is 14.4 Å². The Balaban J connectivity index is 1.41. The van der Waals surface area contributed by atoms with Crippen molar-refractivity contribution in [1.29, 1.82) is 0 Å². The van der Waals surface area contributed by atoms with Crippen LogP contribution in [0.5, 0.6) is 0 Å². The van der Waals surface area contributed by atoms with E-state index in [0.717, 1.165) is 40.4 Å². The van der Waals surface area contributed by atoms with Gasteiger partial charge < -0.3 is 10.6 Å². The first-order valence-corrected chi connectivity index (χ1v) is 11.2. The van der Waals surface area contributed by atoms with Crippen LogP contribution in [0.15, 0.2) is 29.6 Å². The maximum atomic E-state index is 13.0. The Morgan fingerprint density at radius 1 is 1.33 bits per heavy atom. The Hall–Kier alpha value is -2.74. The molecule has 1 spiro atoms. The molecular weight excluding hydrogens is 400 g/mol. The number of benzene rings is 1. The van der Waals surface area contributed by atoms with Gasteiger partial charge in [-0.15, -0.1) is 11.3 Å². The summed E-state index contributed by atoms with van der Waals surface area (Å²) in [6, 6.07) is 6.91. The Morgan fingerprint density at radius 3 is 2.77 bits per heavy atom. The van der Waals surface area contributed by atoms with Gasteiger partial charge in [0.25, 0.3) is 5.91 Å². The van der Waals surface area contributed by atoms with Gasteiger partial charge in [-0.05, 0) is 50.7 Å². The number of hydrogen-bond acceptors (Lipinski definition) is 5. The molecule has 1 aliphatic carbocycles. The maximum Gasteiger partial charge on any atom is 0.325 e. The van der Waals surface area contributed by atoms with Crippen molar-refractivity contribution in [2.24, 2.45) is 5.92 Å². The topological polar surface area (TPSA) is 91.4 Å². The molecule has 2 heterocycles. The SMILES string of the molecule is CCC1CCC2(CC1)NC(=O)N(CC(=O)Nc1cccc(-c3csc(C)n3)c1)C2=O. The van der Waals surface area contributed by atoms with E-state index in [4.69, 9.17) is 0 Å². The molecule has 2 aliphatic rings. The fourth-order valence-corrected chi connectivity index (χ4v) is 4.96. The number of nitrogens with zero attached hydrogens (tertiary/aromatic N) is 2. The quantitative estimate of drug-likeness (QED) is 0.708. The van der Waals surface area contributed by atoms with Crippen LogP contribution in [0.25, 0.3) is 11.3 Å². The minimum Gasteiger partial charge on any atom is -0.325 e. The van der Waals surface area contributed by atoms with Gasteiger partial charge in [-0.25, -0.2) is 9.78 Å². The van der Waals surface area contributed by atoms with Crippen molar-refractivity contribution in [2.75, 3.05) is 11.9 Å². The molecule has 158 valence electrons. The van der Waals surface area contributed by atoms with E-state index in [-0.39, 0.29) is 12.5 Å². The molecule has 7 nitrogen and oxygen atoms in total. The van der Waals surface area contributed by atoms with Crippen molar-refractivity contribution in [2.45, 2.75) is 51.5 Å². The Morgan fingerprint density at radius 2 is 2.10 bits per heavy atom. The zero-order valence-corrected chi connectivity index (χ0v) is 18.1. The minimum atomic E-state index is -0.828. The lowest BCUT2D eigenvalue weighted by Gasteiger charge is -2.34.